The normalized spacial score (nSPS) is 23.7. The fourth-order valence-electron chi connectivity index (χ4n) is 6.29. The number of carbonyl (C=O) groups is 2. The number of morpholine rings is 1. The lowest BCUT2D eigenvalue weighted by Gasteiger charge is -2.32. The molecule has 1 aliphatic carbocycles. The van der Waals surface area contributed by atoms with Crippen LogP contribution < -0.4 is 15.0 Å². The number of para-hydroxylation sites is 2. The highest BCUT2D eigenvalue weighted by molar-refractivity contribution is 5.86. The van der Waals surface area contributed by atoms with Gasteiger partial charge in [0.05, 0.1) is 36.9 Å². The Kier molecular flexibility index (Phi) is 9.46. The lowest BCUT2D eigenvalue weighted by Crippen LogP contribution is -2.50. The summed E-state index contributed by atoms with van der Waals surface area (Å²) in [5, 5.41) is 13.3. The van der Waals surface area contributed by atoms with Gasteiger partial charge in [-0.2, -0.15) is 9.97 Å². The van der Waals surface area contributed by atoms with Gasteiger partial charge in [0.2, 0.25) is 17.7 Å². The fourth-order valence-corrected chi connectivity index (χ4v) is 6.29. The Morgan fingerprint density at radius 1 is 1.06 bits per heavy atom. The van der Waals surface area contributed by atoms with Crippen LogP contribution in [-0.2, 0) is 14.3 Å². The van der Waals surface area contributed by atoms with Crippen molar-refractivity contribution in [1.29, 1.82) is 0 Å². The molecule has 2 amide bonds. The van der Waals surface area contributed by atoms with Crippen molar-refractivity contribution < 1.29 is 37.7 Å². The van der Waals surface area contributed by atoms with Gasteiger partial charge in [0.15, 0.2) is 5.82 Å². The van der Waals surface area contributed by atoms with Crippen molar-refractivity contribution in [2.45, 2.75) is 89.2 Å². The van der Waals surface area contributed by atoms with Crippen LogP contribution in [0.5, 0.6) is 5.88 Å². The van der Waals surface area contributed by atoms with Crippen molar-refractivity contribution in [1.82, 2.24) is 29.7 Å². The fraction of sp³-hybridized carbons (Fsp3) is 0.594. The number of aromatic nitrogens is 4. The van der Waals surface area contributed by atoms with E-state index in [4.69, 9.17) is 14.2 Å². The number of aliphatic hydroxyl groups excluding tert-OH is 1. The zero-order valence-electron chi connectivity index (χ0n) is 26.8. The van der Waals surface area contributed by atoms with Crippen molar-refractivity contribution in [3.63, 3.8) is 0 Å². The summed E-state index contributed by atoms with van der Waals surface area (Å²) in [6.45, 7) is 7.36. The van der Waals surface area contributed by atoms with E-state index in [-0.39, 0.29) is 42.7 Å². The number of ether oxygens (including phenoxy) is 3. The molecule has 47 heavy (non-hydrogen) atoms. The molecule has 2 atom stereocenters. The summed E-state index contributed by atoms with van der Waals surface area (Å²) in [7, 11) is 0. The predicted molar refractivity (Wildman–Crippen MR) is 167 cm³/mol. The van der Waals surface area contributed by atoms with Gasteiger partial charge in [0.25, 0.3) is 6.43 Å². The van der Waals surface area contributed by atoms with E-state index in [9.17, 15) is 23.5 Å². The van der Waals surface area contributed by atoms with Crippen LogP contribution in [0.25, 0.3) is 16.9 Å². The first-order valence-corrected chi connectivity index (χ1v) is 16.1. The molecule has 0 radical (unpaired) electrons. The van der Waals surface area contributed by atoms with E-state index in [1.165, 1.54) is 9.47 Å². The maximum Gasteiger partial charge on any atom is 0.411 e. The molecule has 0 unspecified atom stereocenters. The molecule has 3 fully saturated rings. The number of anilines is 1. The number of hydrogen-bond acceptors (Lipinski definition) is 10. The maximum absolute atomic E-state index is 14.2. The van der Waals surface area contributed by atoms with Crippen LogP contribution in [0.3, 0.4) is 0 Å². The second-order valence-electron chi connectivity index (χ2n) is 13.2. The number of likely N-dealkylation sites (tertiary alicyclic amines) is 1. The monoisotopic (exact) mass is 657 g/mol. The third kappa shape index (κ3) is 7.56. The molecule has 0 bridgehead atoms. The van der Waals surface area contributed by atoms with Crippen molar-refractivity contribution in [2.75, 3.05) is 37.7 Å². The lowest BCUT2D eigenvalue weighted by atomic mass is 9.92. The molecule has 1 saturated carbocycles. The van der Waals surface area contributed by atoms with E-state index in [1.54, 1.807) is 51.1 Å². The zero-order chi connectivity index (χ0) is 33.3. The van der Waals surface area contributed by atoms with Gasteiger partial charge in [-0.3, -0.25) is 14.3 Å². The number of imidazole rings is 1. The Bertz CT molecular complexity index is 1580. The van der Waals surface area contributed by atoms with Gasteiger partial charge in [-0.25, -0.2) is 18.6 Å². The van der Waals surface area contributed by atoms with Gasteiger partial charge in [-0.15, -0.1) is 0 Å². The van der Waals surface area contributed by atoms with Crippen LogP contribution in [0, 0.1) is 0 Å². The van der Waals surface area contributed by atoms with E-state index < -0.39 is 36.1 Å². The minimum Gasteiger partial charge on any atom is -0.474 e. The number of aliphatic hydroxyl groups is 1. The molecule has 2 aromatic heterocycles. The molecule has 15 heteroatoms. The maximum atomic E-state index is 14.2. The van der Waals surface area contributed by atoms with E-state index in [0.717, 1.165) is 0 Å². The highest BCUT2D eigenvalue weighted by atomic mass is 19.3. The second-order valence-corrected chi connectivity index (χ2v) is 13.2. The molecule has 3 aliphatic rings. The summed E-state index contributed by atoms with van der Waals surface area (Å²) >= 11 is 0. The van der Waals surface area contributed by atoms with Gasteiger partial charge in [0.1, 0.15) is 23.6 Å². The number of β-amino-alcohol motifs (C(OH)–C–C–N with tert-alkyl or cyclic N) is 1. The first-order chi connectivity index (χ1) is 22.4. The molecule has 6 rings (SSSR count). The molecule has 0 spiro atoms. The molecule has 2 saturated heterocycles. The number of halogens is 2. The van der Waals surface area contributed by atoms with Crippen LogP contribution in [0.15, 0.2) is 30.3 Å². The number of amides is 2. The van der Waals surface area contributed by atoms with E-state index in [0.29, 0.717) is 69.0 Å². The Morgan fingerprint density at radius 2 is 1.79 bits per heavy atom. The number of hydrogen-bond donors (Lipinski definition) is 2. The molecule has 1 aromatic carbocycles. The van der Waals surface area contributed by atoms with Gasteiger partial charge in [-0.05, 0) is 58.6 Å². The summed E-state index contributed by atoms with van der Waals surface area (Å²) in [6.07, 6.45) is -1.90. The summed E-state index contributed by atoms with van der Waals surface area (Å²) in [5.41, 5.74) is 0.199. The molecule has 2 N–H and O–H groups in total. The molecular formula is C32H41F2N7O6. The molecular weight excluding hydrogens is 616 g/mol. The van der Waals surface area contributed by atoms with Crippen molar-refractivity contribution in [3.8, 4) is 11.7 Å². The van der Waals surface area contributed by atoms with Gasteiger partial charge >= 0.3 is 6.09 Å². The lowest BCUT2D eigenvalue weighted by molar-refractivity contribution is -0.126. The number of fused-ring (bicyclic) bond motifs is 1. The minimum atomic E-state index is -2.83. The number of benzene rings is 1. The first kappa shape index (κ1) is 32.8. The van der Waals surface area contributed by atoms with Crippen molar-refractivity contribution >= 4 is 29.0 Å². The largest absolute Gasteiger partial charge is 0.474 e. The molecule has 13 nitrogen and oxygen atoms in total. The average Bonchev–Trinajstić information content (AvgIpc) is 3.63. The third-order valence-corrected chi connectivity index (χ3v) is 8.50. The number of nitrogens with zero attached hydrogens (tertiary/aromatic N) is 6. The van der Waals surface area contributed by atoms with Gasteiger partial charge in [-0.1, -0.05) is 12.1 Å². The number of nitrogens with one attached hydrogen (secondary N) is 1. The van der Waals surface area contributed by atoms with Crippen LogP contribution in [-0.4, -0.2) is 104 Å². The molecule has 254 valence electrons. The molecule has 3 aromatic rings. The summed E-state index contributed by atoms with van der Waals surface area (Å²) in [6, 6.07) is 7.52. The second kappa shape index (κ2) is 13.6. The van der Waals surface area contributed by atoms with Gasteiger partial charge in [0, 0.05) is 31.6 Å². The molecule has 4 heterocycles. The third-order valence-electron chi connectivity index (χ3n) is 8.50. The van der Waals surface area contributed by atoms with Crippen molar-refractivity contribution in [3.05, 3.63) is 36.2 Å². The predicted octanol–water partition coefficient (Wildman–Crippen LogP) is 3.77. The summed E-state index contributed by atoms with van der Waals surface area (Å²) in [5.74, 6) is 0.104. The quantitative estimate of drug-likeness (QED) is 0.385. The Balaban J connectivity index is 1.15. The Labute approximate surface area is 271 Å². The van der Waals surface area contributed by atoms with E-state index in [2.05, 4.69) is 20.3 Å². The van der Waals surface area contributed by atoms with Crippen molar-refractivity contribution in [2.24, 2.45) is 0 Å². The first-order valence-electron chi connectivity index (χ1n) is 16.1. The van der Waals surface area contributed by atoms with Crippen LogP contribution in [0.2, 0.25) is 0 Å². The molecule has 2 aliphatic heterocycles. The van der Waals surface area contributed by atoms with E-state index in [1.807, 2.05) is 4.90 Å². The zero-order valence-corrected chi connectivity index (χ0v) is 26.8. The Morgan fingerprint density at radius 3 is 2.49 bits per heavy atom. The van der Waals surface area contributed by atoms with Crippen LogP contribution in [0.4, 0.5) is 19.5 Å². The topological polar surface area (TPSA) is 144 Å². The summed E-state index contributed by atoms with van der Waals surface area (Å²) in [4.78, 5) is 42.7. The number of carbonyl (C=O) groups excluding carboxylic acids is 2. The highest BCUT2D eigenvalue weighted by Gasteiger charge is 2.41. The van der Waals surface area contributed by atoms with Crippen LogP contribution in [0.1, 0.15) is 65.1 Å². The van der Waals surface area contributed by atoms with E-state index >= 15 is 0 Å². The Hall–Kier alpha value is -4.11. The summed E-state index contributed by atoms with van der Waals surface area (Å²) < 4.78 is 47.0. The number of alkyl halides is 2. The smallest absolute Gasteiger partial charge is 0.411 e. The standard InChI is InChI=1S/C32H41F2N7O6/c1-32(2,3)47-31(44)40-18-20(42)16-24(40)29(43)35-19-8-10-21(11-9-19)46-26-17-25(37-30(38-26)39-12-14-45-15-13-39)41-23-7-5-4-6-22(23)36-28(41)27(33)34/h4-7,17,19-21,24,27,42H,8-16,18H2,1-3H3,(H,35,43)/t19?,20-,21?,24-/m0/s1. The average molecular weight is 658 g/mol. The van der Waals surface area contributed by atoms with Crippen LogP contribution >= 0.6 is 0 Å². The number of rotatable bonds is 7. The minimum absolute atomic E-state index is 0.0363. The SMILES string of the molecule is CC(C)(C)OC(=O)N1C[C@@H](O)C[C@H]1C(=O)NC1CCC(Oc2cc(-n3c(C(F)F)nc4ccccc43)nc(N3CCOCC3)n2)CC1. The highest BCUT2D eigenvalue weighted by Crippen LogP contribution is 2.31. The van der Waals surface area contributed by atoms with Gasteiger partial charge < -0.3 is 29.5 Å².